The number of aliphatic hydroxyl groups excluding tert-OH is 1. The van der Waals surface area contributed by atoms with Gasteiger partial charge in [-0.25, -0.2) is 0 Å². The molecule has 3 N–H and O–H groups in total. The Labute approximate surface area is 183 Å². The standard InChI is InChI=1S/C25H30N2O4/c1-18-14-22(31-27-18)13-12-19-8-5-7-11-24(19)30-17-21(28)16-26-25(2,3)15-20-9-4-6-10-23(20)29/h4-14,21,26,28-29H,15-17H2,1-3H3/b13-12-. The Bertz CT molecular complexity index is 1010. The first kappa shape index (κ1) is 22.6. The number of β-amino-alcohol motifs (C(OH)–C–C–N with tert-alkyl or cyclic N) is 1. The van der Waals surface area contributed by atoms with Crippen LogP contribution < -0.4 is 10.1 Å². The lowest BCUT2D eigenvalue weighted by molar-refractivity contribution is 0.0987. The van der Waals surface area contributed by atoms with Crippen molar-refractivity contribution in [3.8, 4) is 11.5 Å². The molecule has 6 nitrogen and oxygen atoms in total. The van der Waals surface area contributed by atoms with Crippen LogP contribution in [0.2, 0.25) is 0 Å². The second kappa shape index (κ2) is 10.3. The number of aliphatic hydroxyl groups is 1. The molecule has 0 saturated heterocycles. The first-order chi connectivity index (χ1) is 14.8. The van der Waals surface area contributed by atoms with Crippen LogP contribution in [0.15, 0.2) is 59.1 Å². The first-order valence-electron chi connectivity index (χ1n) is 10.4. The highest BCUT2D eigenvalue weighted by atomic mass is 16.5. The number of phenols is 1. The van der Waals surface area contributed by atoms with Crippen LogP contribution in [0.1, 0.15) is 36.4 Å². The molecule has 0 bridgehead atoms. The number of rotatable bonds is 10. The molecule has 3 rings (SSSR count). The molecule has 1 atom stereocenters. The molecule has 0 fully saturated rings. The van der Waals surface area contributed by atoms with Crippen LogP contribution in [0.4, 0.5) is 0 Å². The third-order valence-electron chi connectivity index (χ3n) is 4.86. The summed E-state index contributed by atoms with van der Waals surface area (Å²) in [6.07, 6.45) is 3.69. The zero-order valence-corrected chi connectivity index (χ0v) is 18.2. The number of nitrogens with one attached hydrogen (secondary N) is 1. The molecule has 0 aliphatic rings. The van der Waals surface area contributed by atoms with E-state index in [-0.39, 0.29) is 17.9 Å². The molecule has 2 aromatic carbocycles. The monoisotopic (exact) mass is 422 g/mol. The van der Waals surface area contributed by atoms with E-state index in [0.717, 1.165) is 16.8 Å². The summed E-state index contributed by atoms with van der Waals surface area (Å²) >= 11 is 0. The zero-order chi connectivity index (χ0) is 22.3. The molecule has 3 aromatic rings. The maximum atomic E-state index is 10.4. The number of para-hydroxylation sites is 2. The summed E-state index contributed by atoms with van der Waals surface area (Å²) in [5.74, 6) is 1.64. The van der Waals surface area contributed by atoms with E-state index in [1.54, 1.807) is 12.1 Å². The van der Waals surface area contributed by atoms with Gasteiger partial charge in [0.15, 0.2) is 5.76 Å². The maximum absolute atomic E-state index is 10.4. The highest BCUT2D eigenvalue weighted by Crippen LogP contribution is 2.22. The lowest BCUT2D eigenvalue weighted by atomic mass is 9.94. The quantitative estimate of drug-likeness (QED) is 0.454. The maximum Gasteiger partial charge on any atom is 0.159 e. The van der Waals surface area contributed by atoms with E-state index in [4.69, 9.17) is 9.26 Å². The lowest BCUT2D eigenvalue weighted by Crippen LogP contribution is -2.46. The average Bonchev–Trinajstić information content (AvgIpc) is 3.16. The molecular weight excluding hydrogens is 392 g/mol. The van der Waals surface area contributed by atoms with Gasteiger partial charge in [-0.15, -0.1) is 0 Å². The lowest BCUT2D eigenvalue weighted by Gasteiger charge is -2.28. The number of aryl methyl sites for hydroxylation is 1. The molecule has 164 valence electrons. The molecule has 0 aliphatic carbocycles. The molecule has 0 saturated carbocycles. The van der Waals surface area contributed by atoms with Crippen molar-refractivity contribution in [2.24, 2.45) is 0 Å². The number of hydrogen-bond donors (Lipinski definition) is 3. The molecule has 0 spiro atoms. The Morgan fingerprint density at radius 1 is 1.13 bits per heavy atom. The smallest absolute Gasteiger partial charge is 0.159 e. The summed E-state index contributed by atoms with van der Waals surface area (Å²) in [5, 5.41) is 27.6. The SMILES string of the molecule is Cc1cc(/C=C\c2ccccc2OCC(O)CNC(C)(C)Cc2ccccc2O)on1. The van der Waals surface area contributed by atoms with Crippen molar-refractivity contribution >= 4 is 12.2 Å². The fourth-order valence-electron chi connectivity index (χ4n) is 3.22. The first-order valence-corrected chi connectivity index (χ1v) is 10.4. The Balaban J connectivity index is 1.52. The van der Waals surface area contributed by atoms with E-state index in [2.05, 4.69) is 10.5 Å². The Morgan fingerprint density at radius 2 is 1.87 bits per heavy atom. The van der Waals surface area contributed by atoms with Crippen LogP contribution in [0, 0.1) is 6.92 Å². The summed E-state index contributed by atoms with van der Waals surface area (Å²) in [4.78, 5) is 0. The van der Waals surface area contributed by atoms with Gasteiger partial charge >= 0.3 is 0 Å². The summed E-state index contributed by atoms with van der Waals surface area (Å²) in [7, 11) is 0. The van der Waals surface area contributed by atoms with Crippen molar-refractivity contribution in [3.63, 3.8) is 0 Å². The van der Waals surface area contributed by atoms with E-state index >= 15 is 0 Å². The van der Waals surface area contributed by atoms with Gasteiger partial charge in [0.05, 0.1) is 5.69 Å². The van der Waals surface area contributed by atoms with Crippen molar-refractivity contribution in [2.45, 2.75) is 38.8 Å². The Morgan fingerprint density at radius 3 is 2.61 bits per heavy atom. The van der Waals surface area contributed by atoms with E-state index in [9.17, 15) is 10.2 Å². The van der Waals surface area contributed by atoms with E-state index in [1.807, 2.05) is 75.4 Å². The van der Waals surface area contributed by atoms with Crippen molar-refractivity contribution in [3.05, 3.63) is 77.2 Å². The summed E-state index contributed by atoms with van der Waals surface area (Å²) in [6, 6.07) is 16.8. The number of aromatic nitrogens is 1. The van der Waals surface area contributed by atoms with Crippen LogP contribution >= 0.6 is 0 Å². The molecular formula is C25H30N2O4. The minimum Gasteiger partial charge on any atom is -0.508 e. The minimum absolute atomic E-state index is 0.159. The number of ether oxygens (including phenoxy) is 1. The highest BCUT2D eigenvalue weighted by molar-refractivity contribution is 5.70. The Kier molecular flexibility index (Phi) is 7.50. The number of hydrogen-bond acceptors (Lipinski definition) is 6. The van der Waals surface area contributed by atoms with Crippen LogP contribution in [-0.2, 0) is 6.42 Å². The van der Waals surface area contributed by atoms with E-state index < -0.39 is 6.10 Å². The second-order valence-electron chi connectivity index (χ2n) is 8.28. The van der Waals surface area contributed by atoms with Gasteiger partial charge in [0, 0.05) is 23.7 Å². The van der Waals surface area contributed by atoms with Crippen molar-refractivity contribution in [1.29, 1.82) is 0 Å². The minimum atomic E-state index is -0.683. The van der Waals surface area contributed by atoms with Crippen molar-refractivity contribution < 1.29 is 19.5 Å². The third kappa shape index (κ3) is 6.98. The van der Waals surface area contributed by atoms with Gasteiger partial charge in [-0.3, -0.25) is 0 Å². The van der Waals surface area contributed by atoms with Gasteiger partial charge in [-0.1, -0.05) is 41.6 Å². The largest absolute Gasteiger partial charge is 0.508 e. The predicted octanol–water partition coefficient (Wildman–Crippen LogP) is 4.21. The molecule has 1 aromatic heterocycles. The van der Waals surface area contributed by atoms with Crippen LogP contribution in [0.25, 0.3) is 12.2 Å². The number of aromatic hydroxyl groups is 1. The molecule has 1 unspecified atom stereocenters. The van der Waals surface area contributed by atoms with Gasteiger partial charge < -0.3 is 24.8 Å². The van der Waals surface area contributed by atoms with Gasteiger partial charge in [-0.2, -0.15) is 0 Å². The molecule has 0 radical (unpaired) electrons. The fraction of sp³-hybridized carbons (Fsp3) is 0.320. The van der Waals surface area contributed by atoms with Gasteiger partial charge in [0.25, 0.3) is 0 Å². The van der Waals surface area contributed by atoms with E-state index in [0.29, 0.717) is 24.5 Å². The molecule has 0 amide bonds. The van der Waals surface area contributed by atoms with Crippen LogP contribution in [-0.4, -0.2) is 40.2 Å². The predicted molar refractivity (Wildman–Crippen MR) is 122 cm³/mol. The molecule has 1 heterocycles. The zero-order valence-electron chi connectivity index (χ0n) is 18.2. The number of benzene rings is 2. The molecule has 6 heteroatoms. The summed E-state index contributed by atoms with van der Waals surface area (Å²) < 4.78 is 11.1. The third-order valence-corrected chi connectivity index (χ3v) is 4.86. The summed E-state index contributed by atoms with van der Waals surface area (Å²) in [6.45, 7) is 6.48. The van der Waals surface area contributed by atoms with Crippen LogP contribution in [0.5, 0.6) is 11.5 Å². The second-order valence-corrected chi connectivity index (χ2v) is 8.28. The van der Waals surface area contributed by atoms with Gasteiger partial charge in [-0.05, 0) is 57.0 Å². The average molecular weight is 423 g/mol. The van der Waals surface area contributed by atoms with E-state index in [1.165, 1.54) is 0 Å². The Hall–Kier alpha value is -3.09. The van der Waals surface area contributed by atoms with Crippen LogP contribution in [0.3, 0.4) is 0 Å². The summed E-state index contributed by atoms with van der Waals surface area (Å²) in [5.41, 5.74) is 2.28. The molecule has 31 heavy (non-hydrogen) atoms. The number of phenolic OH excluding ortho intramolecular Hbond substituents is 1. The normalized spacial score (nSPS) is 12.9. The van der Waals surface area contributed by atoms with Gasteiger partial charge in [0.2, 0.25) is 0 Å². The number of nitrogens with zero attached hydrogens (tertiary/aromatic N) is 1. The fourth-order valence-corrected chi connectivity index (χ4v) is 3.22. The van der Waals surface area contributed by atoms with Crippen molar-refractivity contribution in [1.82, 2.24) is 10.5 Å². The van der Waals surface area contributed by atoms with Gasteiger partial charge in [0.1, 0.15) is 24.2 Å². The van der Waals surface area contributed by atoms with Crippen molar-refractivity contribution in [2.75, 3.05) is 13.2 Å². The highest BCUT2D eigenvalue weighted by Gasteiger charge is 2.21. The topological polar surface area (TPSA) is 87.8 Å². The molecule has 0 aliphatic heterocycles.